The zero-order valence-electron chi connectivity index (χ0n) is 9.52. The third-order valence-corrected chi connectivity index (χ3v) is 2.89. The highest BCUT2D eigenvalue weighted by Crippen LogP contribution is 2.32. The van der Waals surface area contributed by atoms with E-state index in [2.05, 4.69) is 12.1 Å². The lowest BCUT2D eigenvalue weighted by molar-refractivity contribution is 0.0795. The molecule has 1 heterocycles. The lowest BCUT2D eigenvalue weighted by Gasteiger charge is -2.24. The van der Waals surface area contributed by atoms with Gasteiger partial charge in [0.1, 0.15) is 12.4 Å². The Hall–Kier alpha value is -1.06. The molecule has 3 nitrogen and oxygen atoms in total. The van der Waals surface area contributed by atoms with Gasteiger partial charge < -0.3 is 15.2 Å². The maximum absolute atomic E-state index is 5.66. The number of hydrogen-bond donors (Lipinski definition) is 1. The molecule has 0 spiro atoms. The molecule has 1 aromatic rings. The minimum atomic E-state index is 0.475. The maximum atomic E-state index is 5.66. The summed E-state index contributed by atoms with van der Waals surface area (Å²) in [6, 6.07) is 8.20. The van der Waals surface area contributed by atoms with Crippen molar-refractivity contribution in [1.82, 2.24) is 0 Å². The molecule has 2 rings (SSSR count). The van der Waals surface area contributed by atoms with Gasteiger partial charge in [-0.1, -0.05) is 18.2 Å². The first-order valence-corrected chi connectivity index (χ1v) is 5.91. The summed E-state index contributed by atoms with van der Waals surface area (Å²) in [6.45, 7) is 2.82. The molecule has 0 aliphatic carbocycles. The van der Waals surface area contributed by atoms with Crippen molar-refractivity contribution in [2.75, 3.05) is 26.4 Å². The van der Waals surface area contributed by atoms with Crippen molar-refractivity contribution in [1.29, 1.82) is 0 Å². The molecular formula is C13H19NO2. The zero-order chi connectivity index (χ0) is 11.2. The Morgan fingerprint density at radius 1 is 1.38 bits per heavy atom. The SMILES string of the molecule is NCCOc1ccccc1C1CCCOC1. The first kappa shape index (κ1) is 11.4. The Kier molecular flexibility index (Phi) is 4.19. The molecule has 1 aromatic carbocycles. The van der Waals surface area contributed by atoms with Crippen molar-refractivity contribution < 1.29 is 9.47 Å². The molecule has 0 bridgehead atoms. The van der Waals surface area contributed by atoms with E-state index in [0.717, 1.165) is 25.4 Å². The van der Waals surface area contributed by atoms with Gasteiger partial charge in [-0.2, -0.15) is 0 Å². The summed E-state index contributed by atoms with van der Waals surface area (Å²) in [5.41, 5.74) is 6.72. The van der Waals surface area contributed by atoms with Gasteiger partial charge in [-0.3, -0.25) is 0 Å². The minimum Gasteiger partial charge on any atom is -0.492 e. The first-order valence-electron chi connectivity index (χ1n) is 5.91. The van der Waals surface area contributed by atoms with Crippen LogP contribution in [0.15, 0.2) is 24.3 Å². The van der Waals surface area contributed by atoms with E-state index in [1.807, 2.05) is 12.1 Å². The highest BCUT2D eigenvalue weighted by molar-refractivity contribution is 5.36. The predicted molar refractivity (Wildman–Crippen MR) is 63.8 cm³/mol. The molecular weight excluding hydrogens is 202 g/mol. The Balaban J connectivity index is 2.11. The number of rotatable bonds is 4. The molecule has 1 unspecified atom stereocenters. The summed E-state index contributed by atoms with van der Waals surface area (Å²) in [6.07, 6.45) is 2.32. The van der Waals surface area contributed by atoms with Crippen molar-refractivity contribution in [2.24, 2.45) is 5.73 Å². The van der Waals surface area contributed by atoms with Gasteiger partial charge in [0, 0.05) is 19.1 Å². The van der Waals surface area contributed by atoms with Gasteiger partial charge in [-0.05, 0) is 24.5 Å². The third kappa shape index (κ3) is 2.74. The van der Waals surface area contributed by atoms with Gasteiger partial charge in [-0.15, -0.1) is 0 Å². The van der Waals surface area contributed by atoms with E-state index in [-0.39, 0.29) is 0 Å². The van der Waals surface area contributed by atoms with Crippen molar-refractivity contribution in [2.45, 2.75) is 18.8 Å². The largest absolute Gasteiger partial charge is 0.492 e. The quantitative estimate of drug-likeness (QED) is 0.844. The average Bonchev–Trinajstić information content (AvgIpc) is 2.38. The molecule has 1 atom stereocenters. The van der Waals surface area contributed by atoms with Crippen LogP contribution in [0.5, 0.6) is 5.75 Å². The van der Waals surface area contributed by atoms with E-state index >= 15 is 0 Å². The van der Waals surface area contributed by atoms with E-state index in [1.54, 1.807) is 0 Å². The first-order chi connectivity index (χ1) is 7.92. The fraction of sp³-hybridized carbons (Fsp3) is 0.538. The van der Waals surface area contributed by atoms with Gasteiger partial charge in [0.15, 0.2) is 0 Å². The standard InChI is InChI=1S/C13H19NO2/c14-7-9-16-13-6-2-1-5-12(13)11-4-3-8-15-10-11/h1-2,5-6,11H,3-4,7-10,14H2. The van der Waals surface area contributed by atoms with Gasteiger partial charge in [0.05, 0.1) is 6.61 Å². The van der Waals surface area contributed by atoms with Crippen molar-refractivity contribution in [3.8, 4) is 5.75 Å². The van der Waals surface area contributed by atoms with E-state index in [9.17, 15) is 0 Å². The summed E-state index contributed by atoms with van der Waals surface area (Å²) < 4.78 is 11.2. The maximum Gasteiger partial charge on any atom is 0.122 e. The lowest BCUT2D eigenvalue weighted by Crippen LogP contribution is -2.17. The fourth-order valence-corrected chi connectivity index (χ4v) is 2.10. The van der Waals surface area contributed by atoms with Crippen molar-refractivity contribution in [3.63, 3.8) is 0 Å². The zero-order valence-corrected chi connectivity index (χ0v) is 9.52. The second kappa shape index (κ2) is 5.87. The molecule has 1 fully saturated rings. The molecule has 1 aliphatic rings. The van der Waals surface area contributed by atoms with Gasteiger partial charge >= 0.3 is 0 Å². The van der Waals surface area contributed by atoms with Crippen LogP contribution in [-0.2, 0) is 4.74 Å². The Labute approximate surface area is 96.5 Å². The molecule has 2 N–H and O–H groups in total. The molecule has 1 aliphatic heterocycles. The van der Waals surface area contributed by atoms with Crippen LogP contribution in [0.4, 0.5) is 0 Å². The summed E-state index contributed by atoms with van der Waals surface area (Å²) >= 11 is 0. The predicted octanol–water partition coefficient (Wildman–Crippen LogP) is 1.92. The van der Waals surface area contributed by atoms with Crippen LogP contribution >= 0.6 is 0 Å². The van der Waals surface area contributed by atoms with Crippen LogP contribution in [0.25, 0.3) is 0 Å². The Bertz CT molecular complexity index is 321. The van der Waals surface area contributed by atoms with Crippen molar-refractivity contribution in [3.05, 3.63) is 29.8 Å². The summed E-state index contributed by atoms with van der Waals surface area (Å²) in [7, 11) is 0. The summed E-state index contributed by atoms with van der Waals surface area (Å²) in [5, 5.41) is 0. The summed E-state index contributed by atoms with van der Waals surface area (Å²) in [5.74, 6) is 1.44. The number of nitrogens with two attached hydrogens (primary N) is 1. The number of hydrogen-bond acceptors (Lipinski definition) is 3. The highest BCUT2D eigenvalue weighted by Gasteiger charge is 2.19. The Morgan fingerprint density at radius 3 is 3.00 bits per heavy atom. The second-order valence-corrected chi connectivity index (χ2v) is 4.09. The van der Waals surface area contributed by atoms with Crippen LogP contribution in [0.1, 0.15) is 24.3 Å². The van der Waals surface area contributed by atoms with E-state index in [0.29, 0.717) is 19.1 Å². The monoisotopic (exact) mass is 221 g/mol. The lowest BCUT2D eigenvalue weighted by atomic mass is 9.93. The van der Waals surface area contributed by atoms with Gasteiger partial charge in [0.25, 0.3) is 0 Å². The van der Waals surface area contributed by atoms with E-state index in [4.69, 9.17) is 15.2 Å². The number of benzene rings is 1. The number of para-hydroxylation sites is 1. The Morgan fingerprint density at radius 2 is 2.25 bits per heavy atom. The van der Waals surface area contributed by atoms with Crippen LogP contribution in [0.3, 0.4) is 0 Å². The molecule has 16 heavy (non-hydrogen) atoms. The smallest absolute Gasteiger partial charge is 0.122 e. The molecule has 0 radical (unpaired) electrons. The topological polar surface area (TPSA) is 44.5 Å². The summed E-state index contributed by atoms with van der Waals surface area (Å²) in [4.78, 5) is 0. The normalized spacial score (nSPS) is 20.7. The van der Waals surface area contributed by atoms with Gasteiger partial charge in [-0.25, -0.2) is 0 Å². The third-order valence-electron chi connectivity index (χ3n) is 2.89. The molecule has 3 heteroatoms. The van der Waals surface area contributed by atoms with Crippen LogP contribution in [-0.4, -0.2) is 26.4 Å². The molecule has 0 saturated carbocycles. The molecule has 0 aromatic heterocycles. The molecule has 0 amide bonds. The van der Waals surface area contributed by atoms with Crippen LogP contribution in [0.2, 0.25) is 0 Å². The van der Waals surface area contributed by atoms with E-state index in [1.165, 1.54) is 12.0 Å². The van der Waals surface area contributed by atoms with Crippen LogP contribution < -0.4 is 10.5 Å². The fourth-order valence-electron chi connectivity index (χ4n) is 2.10. The average molecular weight is 221 g/mol. The van der Waals surface area contributed by atoms with Gasteiger partial charge in [0.2, 0.25) is 0 Å². The minimum absolute atomic E-state index is 0.475. The highest BCUT2D eigenvalue weighted by atomic mass is 16.5. The number of ether oxygens (including phenoxy) is 2. The van der Waals surface area contributed by atoms with E-state index < -0.39 is 0 Å². The molecule has 1 saturated heterocycles. The molecule has 88 valence electrons. The van der Waals surface area contributed by atoms with Crippen LogP contribution in [0, 0.1) is 0 Å². The van der Waals surface area contributed by atoms with Crippen molar-refractivity contribution >= 4 is 0 Å². The second-order valence-electron chi connectivity index (χ2n) is 4.09.